The minimum atomic E-state index is -0.295. The van der Waals surface area contributed by atoms with Crippen molar-refractivity contribution < 1.29 is 8.91 Å². The molecule has 3 aromatic rings. The van der Waals surface area contributed by atoms with Crippen molar-refractivity contribution in [1.29, 1.82) is 0 Å². The molecule has 0 unspecified atom stereocenters. The van der Waals surface area contributed by atoms with Crippen LogP contribution in [0.2, 0.25) is 0 Å². The second kappa shape index (κ2) is 6.98. The zero-order valence-corrected chi connectivity index (χ0v) is 13.7. The normalized spacial score (nSPS) is 15.2. The van der Waals surface area contributed by atoms with Gasteiger partial charge in [0.2, 0.25) is 5.82 Å². The fourth-order valence-electron chi connectivity index (χ4n) is 2.92. The Balaban J connectivity index is 1.67. The highest BCUT2D eigenvalue weighted by molar-refractivity contribution is 5.71. The average Bonchev–Trinajstić information content (AvgIpc) is 2.98. The maximum Gasteiger partial charge on any atom is 0.261 e. The Morgan fingerprint density at radius 1 is 1.08 bits per heavy atom. The van der Waals surface area contributed by atoms with Gasteiger partial charge in [0.15, 0.2) is 0 Å². The average molecular weight is 339 g/mol. The molecule has 0 atom stereocenters. The third kappa shape index (κ3) is 3.36. The first-order chi connectivity index (χ1) is 12.3. The molecular formula is C18H18FN5O. The molecule has 1 aromatic carbocycles. The lowest BCUT2D eigenvalue weighted by Gasteiger charge is -2.22. The van der Waals surface area contributed by atoms with Gasteiger partial charge in [0.1, 0.15) is 11.6 Å². The van der Waals surface area contributed by atoms with Crippen LogP contribution in [0.5, 0.6) is 0 Å². The van der Waals surface area contributed by atoms with Crippen LogP contribution >= 0.6 is 0 Å². The summed E-state index contributed by atoms with van der Waals surface area (Å²) in [6.45, 7) is 3.73. The van der Waals surface area contributed by atoms with E-state index in [9.17, 15) is 4.39 Å². The predicted octanol–water partition coefficient (Wildman–Crippen LogP) is 2.74. The van der Waals surface area contributed by atoms with Crippen LogP contribution in [0.1, 0.15) is 6.42 Å². The standard InChI is InChI=1S/C18H18FN5O/c19-14-6-4-13(5-7-14)16-22-18(25-23-16)15-3-1-9-21-17(15)24-11-2-8-20-10-12-24/h1,3-7,9,20H,2,8,10-12H2. The van der Waals surface area contributed by atoms with Crippen molar-refractivity contribution in [3.8, 4) is 22.8 Å². The molecule has 0 amide bonds. The van der Waals surface area contributed by atoms with Crippen molar-refractivity contribution in [1.82, 2.24) is 20.4 Å². The molecule has 1 aliphatic rings. The zero-order chi connectivity index (χ0) is 17.1. The number of hydrogen-bond acceptors (Lipinski definition) is 6. The molecule has 4 rings (SSSR count). The van der Waals surface area contributed by atoms with E-state index >= 15 is 0 Å². The number of aromatic nitrogens is 3. The number of nitrogens with zero attached hydrogens (tertiary/aromatic N) is 4. The minimum Gasteiger partial charge on any atom is -0.355 e. The van der Waals surface area contributed by atoms with Crippen molar-refractivity contribution in [2.75, 3.05) is 31.1 Å². The van der Waals surface area contributed by atoms with Gasteiger partial charge >= 0.3 is 0 Å². The highest BCUT2D eigenvalue weighted by Crippen LogP contribution is 2.29. The van der Waals surface area contributed by atoms with E-state index in [0.29, 0.717) is 17.3 Å². The molecule has 0 bridgehead atoms. The first-order valence-corrected chi connectivity index (χ1v) is 8.32. The molecule has 0 aliphatic carbocycles. The molecule has 1 aliphatic heterocycles. The quantitative estimate of drug-likeness (QED) is 0.791. The SMILES string of the molecule is Fc1ccc(-c2noc(-c3cccnc3N3CCCNCC3)n2)cc1. The highest BCUT2D eigenvalue weighted by atomic mass is 19.1. The molecule has 0 saturated carbocycles. The number of pyridine rings is 1. The largest absolute Gasteiger partial charge is 0.355 e. The Morgan fingerprint density at radius 3 is 2.84 bits per heavy atom. The smallest absolute Gasteiger partial charge is 0.261 e. The summed E-state index contributed by atoms with van der Waals surface area (Å²) in [5.74, 6) is 1.40. The lowest BCUT2D eigenvalue weighted by Crippen LogP contribution is -2.29. The molecule has 6 nitrogen and oxygen atoms in total. The molecular weight excluding hydrogens is 321 g/mol. The number of hydrogen-bond donors (Lipinski definition) is 1. The topological polar surface area (TPSA) is 67.1 Å². The van der Waals surface area contributed by atoms with Crippen LogP contribution in [0.3, 0.4) is 0 Å². The summed E-state index contributed by atoms with van der Waals surface area (Å²) in [5.41, 5.74) is 1.52. The number of nitrogens with one attached hydrogen (secondary N) is 1. The van der Waals surface area contributed by atoms with Crippen molar-refractivity contribution in [2.24, 2.45) is 0 Å². The molecule has 1 fully saturated rings. The van der Waals surface area contributed by atoms with Gasteiger partial charge in [-0.2, -0.15) is 4.98 Å². The minimum absolute atomic E-state index is 0.295. The molecule has 128 valence electrons. The van der Waals surface area contributed by atoms with E-state index in [1.54, 1.807) is 18.3 Å². The highest BCUT2D eigenvalue weighted by Gasteiger charge is 2.19. The van der Waals surface area contributed by atoms with E-state index in [0.717, 1.165) is 44.0 Å². The number of benzene rings is 1. The van der Waals surface area contributed by atoms with Gasteiger partial charge in [-0.15, -0.1) is 0 Å². The molecule has 1 N–H and O–H groups in total. The monoisotopic (exact) mass is 339 g/mol. The lowest BCUT2D eigenvalue weighted by atomic mass is 10.2. The summed E-state index contributed by atoms with van der Waals surface area (Å²) in [5, 5.41) is 7.41. The van der Waals surface area contributed by atoms with Crippen molar-refractivity contribution in [2.45, 2.75) is 6.42 Å². The van der Waals surface area contributed by atoms with Gasteiger partial charge in [0, 0.05) is 31.4 Å². The van der Waals surface area contributed by atoms with Crippen LogP contribution in [0.4, 0.5) is 10.2 Å². The van der Waals surface area contributed by atoms with Crippen LogP contribution in [-0.2, 0) is 0 Å². The summed E-state index contributed by atoms with van der Waals surface area (Å²) in [6.07, 6.45) is 2.83. The van der Waals surface area contributed by atoms with E-state index in [-0.39, 0.29) is 5.82 Å². The van der Waals surface area contributed by atoms with E-state index in [1.165, 1.54) is 12.1 Å². The number of halogens is 1. The van der Waals surface area contributed by atoms with Crippen LogP contribution in [-0.4, -0.2) is 41.3 Å². The lowest BCUT2D eigenvalue weighted by molar-refractivity contribution is 0.432. The van der Waals surface area contributed by atoms with E-state index < -0.39 is 0 Å². The molecule has 3 heterocycles. The van der Waals surface area contributed by atoms with E-state index in [2.05, 4.69) is 25.3 Å². The van der Waals surface area contributed by atoms with Gasteiger partial charge in [-0.1, -0.05) is 5.16 Å². The summed E-state index contributed by atoms with van der Waals surface area (Å²) in [4.78, 5) is 11.2. The second-order valence-electron chi connectivity index (χ2n) is 5.90. The Labute approximate surface area is 144 Å². The van der Waals surface area contributed by atoms with Crippen molar-refractivity contribution in [3.63, 3.8) is 0 Å². The summed E-state index contributed by atoms with van der Waals surface area (Å²) in [7, 11) is 0. The predicted molar refractivity (Wildman–Crippen MR) is 92.6 cm³/mol. The maximum atomic E-state index is 13.1. The Kier molecular flexibility index (Phi) is 4.39. The third-order valence-corrected chi connectivity index (χ3v) is 4.19. The van der Waals surface area contributed by atoms with Gasteiger partial charge in [-0.05, 0) is 49.4 Å². The van der Waals surface area contributed by atoms with Gasteiger partial charge in [0.25, 0.3) is 5.89 Å². The van der Waals surface area contributed by atoms with Crippen LogP contribution in [0, 0.1) is 5.82 Å². The molecule has 2 aromatic heterocycles. The fourth-order valence-corrected chi connectivity index (χ4v) is 2.92. The first-order valence-electron chi connectivity index (χ1n) is 8.32. The summed E-state index contributed by atoms with van der Waals surface area (Å²) < 4.78 is 18.5. The Hall–Kier alpha value is -2.80. The summed E-state index contributed by atoms with van der Waals surface area (Å²) in [6, 6.07) is 9.82. The Morgan fingerprint density at radius 2 is 1.96 bits per heavy atom. The summed E-state index contributed by atoms with van der Waals surface area (Å²) >= 11 is 0. The van der Waals surface area contributed by atoms with Crippen LogP contribution < -0.4 is 10.2 Å². The van der Waals surface area contributed by atoms with Crippen LogP contribution in [0.15, 0.2) is 47.1 Å². The van der Waals surface area contributed by atoms with E-state index in [1.807, 2.05) is 12.1 Å². The molecule has 0 radical (unpaired) electrons. The maximum absolute atomic E-state index is 13.1. The molecule has 7 heteroatoms. The number of rotatable bonds is 3. The number of anilines is 1. The van der Waals surface area contributed by atoms with Crippen LogP contribution in [0.25, 0.3) is 22.8 Å². The fraction of sp³-hybridized carbons (Fsp3) is 0.278. The molecule has 1 saturated heterocycles. The van der Waals surface area contributed by atoms with Gasteiger partial charge < -0.3 is 14.7 Å². The Bertz CT molecular complexity index is 841. The van der Waals surface area contributed by atoms with Crippen molar-refractivity contribution in [3.05, 3.63) is 48.4 Å². The third-order valence-electron chi connectivity index (χ3n) is 4.19. The zero-order valence-electron chi connectivity index (χ0n) is 13.7. The first kappa shape index (κ1) is 15.7. The molecule has 25 heavy (non-hydrogen) atoms. The van der Waals surface area contributed by atoms with Gasteiger partial charge in [-0.3, -0.25) is 0 Å². The molecule has 0 spiro atoms. The van der Waals surface area contributed by atoms with E-state index in [4.69, 9.17) is 4.52 Å². The van der Waals surface area contributed by atoms with Gasteiger partial charge in [0.05, 0.1) is 5.56 Å². The van der Waals surface area contributed by atoms with Gasteiger partial charge in [-0.25, -0.2) is 9.37 Å². The second-order valence-corrected chi connectivity index (χ2v) is 5.90. The van der Waals surface area contributed by atoms with Crippen molar-refractivity contribution >= 4 is 5.82 Å².